The van der Waals surface area contributed by atoms with Crippen molar-refractivity contribution < 1.29 is 0 Å². The van der Waals surface area contributed by atoms with Gasteiger partial charge in [-0.25, -0.2) is 0 Å². The average molecular weight is 136 g/mol. The molecule has 0 rings (SSSR count). The van der Waals surface area contributed by atoms with E-state index in [9.17, 15) is 0 Å². The van der Waals surface area contributed by atoms with Crippen molar-refractivity contribution in [1.82, 2.24) is 0 Å². The maximum absolute atomic E-state index is 5.28. The van der Waals surface area contributed by atoms with Crippen LogP contribution in [0.3, 0.4) is 0 Å². The van der Waals surface area contributed by atoms with E-state index < -0.39 is 0 Å². The first kappa shape index (κ1) is 7.17. The van der Waals surface area contributed by atoms with Gasteiger partial charge in [0.05, 0.1) is 0 Å². The summed E-state index contributed by atoms with van der Waals surface area (Å²) >= 11 is 2.83. The van der Waals surface area contributed by atoms with Crippen molar-refractivity contribution >= 4 is 28.9 Å². The molecule has 0 aliphatic carbocycles. The predicted molar refractivity (Wildman–Crippen MR) is 38.7 cm³/mol. The van der Waals surface area contributed by atoms with Crippen LogP contribution in [0.15, 0.2) is 4.40 Å². The third-order valence-electron chi connectivity index (χ3n) is 0.390. The molecule has 42 valence electrons. The Morgan fingerprint density at radius 2 is 2.14 bits per heavy atom. The highest BCUT2D eigenvalue weighted by Gasteiger charge is 1.80. The number of hydrogen-bond donors (Lipinski definition) is 1. The van der Waals surface area contributed by atoms with Crippen molar-refractivity contribution in [3.63, 3.8) is 0 Å². The van der Waals surface area contributed by atoms with Crippen molar-refractivity contribution in [1.29, 1.82) is 0 Å². The van der Waals surface area contributed by atoms with Gasteiger partial charge in [0.25, 0.3) is 0 Å². The summed E-state index contributed by atoms with van der Waals surface area (Å²) in [5, 5.41) is 0.632. The molecule has 0 aliphatic heterocycles. The predicted octanol–water partition coefficient (Wildman–Crippen LogP) is 0.942. The number of hydrogen-bond acceptors (Lipinski definition) is 3. The van der Waals surface area contributed by atoms with Crippen molar-refractivity contribution in [2.75, 3.05) is 12.5 Å². The minimum absolute atomic E-state index is 0.632. The molecule has 2 N–H and O–H groups in total. The van der Waals surface area contributed by atoms with Crippen molar-refractivity contribution in [2.24, 2.45) is 10.1 Å². The van der Waals surface area contributed by atoms with E-state index in [4.69, 9.17) is 5.73 Å². The van der Waals surface area contributed by atoms with E-state index in [0.29, 0.717) is 5.17 Å². The zero-order valence-electron chi connectivity index (χ0n) is 4.34. The van der Waals surface area contributed by atoms with Gasteiger partial charge in [0, 0.05) is 6.26 Å². The molecule has 0 spiro atoms. The van der Waals surface area contributed by atoms with Gasteiger partial charge in [0.15, 0.2) is 5.17 Å². The van der Waals surface area contributed by atoms with Gasteiger partial charge in [-0.2, -0.15) is 4.40 Å². The second kappa shape index (κ2) is 4.33. The van der Waals surface area contributed by atoms with Crippen LogP contribution in [-0.2, 0) is 0 Å². The highest BCUT2D eigenvalue weighted by Crippen LogP contribution is 1.98. The lowest BCUT2D eigenvalue weighted by atomic mass is 11.4. The van der Waals surface area contributed by atoms with Gasteiger partial charge < -0.3 is 5.73 Å². The van der Waals surface area contributed by atoms with Gasteiger partial charge in [-0.3, -0.25) is 0 Å². The maximum atomic E-state index is 5.28. The first-order chi connectivity index (χ1) is 3.31. The third-order valence-corrected chi connectivity index (χ3v) is 1.39. The smallest absolute Gasteiger partial charge is 0.165 e. The van der Waals surface area contributed by atoms with Crippen molar-refractivity contribution in [3.05, 3.63) is 0 Å². The van der Waals surface area contributed by atoms with Crippen LogP contribution >= 0.6 is 23.7 Å². The monoisotopic (exact) mass is 136 g/mol. The van der Waals surface area contributed by atoms with E-state index in [2.05, 4.69) is 4.40 Å². The summed E-state index contributed by atoms with van der Waals surface area (Å²) in [7, 11) is 0. The number of amidine groups is 1. The molecule has 0 atom stereocenters. The lowest BCUT2D eigenvalue weighted by Crippen LogP contribution is -2.03. The zero-order valence-corrected chi connectivity index (χ0v) is 5.97. The molecule has 0 amide bonds. The lowest BCUT2D eigenvalue weighted by molar-refractivity contribution is 1.76. The standard InChI is InChI=1S/C3H8N2S2/c1-6-3(4)5-7-2/h1-2H3,(H2,4,5). The Morgan fingerprint density at radius 1 is 1.57 bits per heavy atom. The van der Waals surface area contributed by atoms with Crippen molar-refractivity contribution in [3.8, 4) is 0 Å². The molecule has 0 saturated heterocycles. The summed E-state index contributed by atoms with van der Waals surface area (Å²) in [6.45, 7) is 0. The molecule has 0 saturated carbocycles. The summed E-state index contributed by atoms with van der Waals surface area (Å²) in [6, 6.07) is 0. The van der Waals surface area contributed by atoms with Crippen LogP contribution in [0.2, 0.25) is 0 Å². The molecule has 0 radical (unpaired) electrons. The normalized spacial score (nSPS) is 12.0. The minimum atomic E-state index is 0.632. The molecule has 0 aromatic heterocycles. The quantitative estimate of drug-likeness (QED) is 0.331. The van der Waals surface area contributed by atoms with E-state index in [0.717, 1.165) is 0 Å². The van der Waals surface area contributed by atoms with Gasteiger partial charge in [-0.05, 0) is 18.2 Å². The Kier molecular flexibility index (Phi) is 4.44. The van der Waals surface area contributed by atoms with E-state index in [1.54, 1.807) is 0 Å². The van der Waals surface area contributed by atoms with E-state index in [1.807, 2.05) is 12.5 Å². The third kappa shape index (κ3) is 4.01. The number of thioether (sulfide) groups is 1. The summed E-state index contributed by atoms with van der Waals surface area (Å²) < 4.78 is 3.82. The fourth-order valence-electron chi connectivity index (χ4n) is 0.127. The first-order valence-electron chi connectivity index (χ1n) is 1.72. The summed E-state index contributed by atoms with van der Waals surface area (Å²) in [6.07, 6.45) is 3.78. The Balaban J connectivity index is 3.29. The van der Waals surface area contributed by atoms with Crippen LogP contribution < -0.4 is 5.73 Å². The second-order valence-electron chi connectivity index (χ2n) is 0.816. The Labute approximate surface area is 52.1 Å². The van der Waals surface area contributed by atoms with E-state index in [-0.39, 0.29) is 0 Å². The molecule has 0 heterocycles. The fourth-order valence-corrected chi connectivity index (χ4v) is 0.829. The second-order valence-corrected chi connectivity index (χ2v) is 2.19. The lowest BCUT2D eigenvalue weighted by Gasteiger charge is -1.87. The molecule has 0 unspecified atom stereocenters. The Morgan fingerprint density at radius 3 is 2.29 bits per heavy atom. The summed E-state index contributed by atoms with van der Waals surface area (Å²) in [5.41, 5.74) is 5.28. The molecule has 0 aromatic rings. The van der Waals surface area contributed by atoms with Gasteiger partial charge in [-0.15, -0.1) is 0 Å². The maximum Gasteiger partial charge on any atom is 0.165 e. The molecule has 2 nitrogen and oxygen atoms in total. The fraction of sp³-hybridized carbons (Fsp3) is 0.667. The largest absolute Gasteiger partial charge is 0.378 e. The van der Waals surface area contributed by atoms with Crippen LogP contribution in [0.4, 0.5) is 0 Å². The first-order valence-corrected chi connectivity index (χ1v) is 4.12. The van der Waals surface area contributed by atoms with Gasteiger partial charge in [0.1, 0.15) is 0 Å². The van der Waals surface area contributed by atoms with Gasteiger partial charge in [0.2, 0.25) is 0 Å². The minimum Gasteiger partial charge on any atom is -0.378 e. The zero-order chi connectivity index (χ0) is 5.70. The SMILES string of the molecule is CSN=C(N)SC. The molecule has 7 heavy (non-hydrogen) atoms. The van der Waals surface area contributed by atoms with Crippen LogP contribution in [0.5, 0.6) is 0 Å². The Hall–Kier alpha value is 0.170. The van der Waals surface area contributed by atoms with Crippen LogP contribution in [0.25, 0.3) is 0 Å². The van der Waals surface area contributed by atoms with Crippen LogP contribution in [0, 0.1) is 0 Å². The summed E-state index contributed by atoms with van der Waals surface area (Å²) in [5.74, 6) is 0. The molecular formula is C3H8N2S2. The van der Waals surface area contributed by atoms with Crippen molar-refractivity contribution in [2.45, 2.75) is 0 Å². The number of rotatable bonds is 1. The van der Waals surface area contributed by atoms with E-state index >= 15 is 0 Å². The molecule has 0 aliphatic rings. The van der Waals surface area contributed by atoms with Gasteiger partial charge in [-0.1, -0.05) is 11.8 Å². The van der Waals surface area contributed by atoms with Crippen LogP contribution in [0.1, 0.15) is 0 Å². The Bertz CT molecular complexity index is 71.3. The van der Waals surface area contributed by atoms with Gasteiger partial charge >= 0.3 is 0 Å². The molecule has 0 fully saturated rings. The topological polar surface area (TPSA) is 38.4 Å². The average Bonchev–Trinajstić information content (AvgIpc) is 1.68. The molecule has 4 heteroatoms. The van der Waals surface area contributed by atoms with E-state index in [1.165, 1.54) is 23.7 Å². The highest BCUT2D eigenvalue weighted by atomic mass is 32.2. The van der Waals surface area contributed by atoms with Crippen LogP contribution in [-0.4, -0.2) is 17.7 Å². The number of nitrogens with zero attached hydrogens (tertiary/aromatic N) is 1. The molecular weight excluding hydrogens is 128 g/mol. The summed E-state index contributed by atoms with van der Waals surface area (Å²) in [4.78, 5) is 0. The molecule has 0 bridgehead atoms. The molecule has 0 aromatic carbocycles. The highest BCUT2D eigenvalue weighted by molar-refractivity contribution is 8.14. The number of nitrogens with two attached hydrogens (primary N) is 1.